The highest BCUT2D eigenvalue weighted by molar-refractivity contribution is 5.96. The van der Waals surface area contributed by atoms with Crippen LogP contribution in [0.2, 0.25) is 0 Å². The van der Waals surface area contributed by atoms with Gasteiger partial charge in [0, 0.05) is 49.5 Å². The lowest BCUT2D eigenvalue weighted by Gasteiger charge is -2.69. The van der Waals surface area contributed by atoms with Crippen LogP contribution in [0.15, 0.2) is 11.6 Å². The molecule has 2 heterocycles. The van der Waals surface area contributed by atoms with Gasteiger partial charge in [-0.15, -0.1) is 0 Å². The molecule has 2 amide bonds. The summed E-state index contributed by atoms with van der Waals surface area (Å²) in [5.74, 6) is 1.20. The van der Waals surface area contributed by atoms with Crippen LogP contribution >= 0.6 is 0 Å². The number of hydrogen-bond acceptors (Lipinski definition) is 4. The molecule has 0 aromatic heterocycles. The second-order valence-electron chi connectivity index (χ2n) is 17.1. The second kappa shape index (κ2) is 9.16. The van der Waals surface area contributed by atoms with Crippen molar-refractivity contribution in [1.82, 2.24) is 15.1 Å². The minimum Gasteiger partial charge on any atom is -0.351 e. The van der Waals surface area contributed by atoms with Gasteiger partial charge in [0.2, 0.25) is 11.8 Å². The van der Waals surface area contributed by atoms with Crippen LogP contribution in [-0.4, -0.2) is 66.2 Å². The fourth-order valence-electron chi connectivity index (χ4n) is 11.6. The predicted molar refractivity (Wildman–Crippen MR) is 162 cm³/mol. The standard InChI is InChI=1S/C35H55N3O3/c1-30(2)26-9-12-35(7)28(33(26,5)11-10-27(40)36-30)25(39)21-23-24-22-32(4,29(41)38-19-17-37(8)18-20-38)14-13-31(24,3)15-16-34(23,35)6/h21,24,26,28H,9-20,22H2,1-8H3,(H,36,40)/t24-,26-,28+,31+,32+,33-,34+,35+/m0/s1. The van der Waals surface area contributed by atoms with Crippen molar-refractivity contribution in [1.29, 1.82) is 0 Å². The Bertz CT molecular complexity index is 1190. The summed E-state index contributed by atoms with van der Waals surface area (Å²) in [6.07, 6.45) is 10.5. The van der Waals surface area contributed by atoms with Crippen LogP contribution in [0, 0.1) is 44.8 Å². The monoisotopic (exact) mass is 565 g/mol. The van der Waals surface area contributed by atoms with Crippen molar-refractivity contribution in [3.05, 3.63) is 11.6 Å². The molecule has 2 aliphatic heterocycles. The molecular formula is C35H55N3O3. The molecule has 0 aromatic carbocycles. The van der Waals surface area contributed by atoms with Gasteiger partial charge in [-0.25, -0.2) is 0 Å². The molecule has 6 rings (SSSR count). The number of amides is 2. The Morgan fingerprint density at radius 1 is 0.878 bits per heavy atom. The molecule has 0 radical (unpaired) electrons. The van der Waals surface area contributed by atoms with E-state index in [1.807, 2.05) is 0 Å². The SMILES string of the molecule is CN1CCN(C(=O)[C@]2(C)CC[C@]3(C)CC[C@]4(C)C(=CC(=O)[C@@H]5[C@@]6(C)CCC(=O)NC(C)(C)[C@@H]6CC[C@]54C)[C@@H]3C2)CC1. The molecule has 5 fully saturated rings. The van der Waals surface area contributed by atoms with Crippen molar-refractivity contribution in [2.24, 2.45) is 44.8 Å². The molecule has 6 nitrogen and oxygen atoms in total. The Morgan fingerprint density at radius 3 is 2.22 bits per heavy atom. The molecule has 0 unspecified atom stereocenters. The molecule has 228 valence electrons. The summed E-state index contributed by atoms with van der Waals surface area (Å²) in [6.45, 7) is 19.8. The van der Waals surface area contributed by atoms with Gasteiger partial charge in [-0.2, -0.15) is 0 Å². The Hall–Kier alpha value is -1.69. The zero-order valence-electron chi connectivity index (χ0n) is 27.1. The first-order valence-corrected chi connectivity index (χ1v) is 16.5. The van der Waals surface area contributed by atoms with Crippen LogP contribution in [0.25, 0.3) is 0 Å². The number of likely N-dealkylation sites (N-methyl/N-ethyl adjacent to an activating group) is 1. The van der Waals surface area contributed by atoms with Crippen LogP contribution in [0.3, 0.4) is 0 Å². The molecular weight excluding hydrogens is 510 g/mol. The molecule has 6 aliphatic rings. The number of ketones is 1. The maximum Gasteiger partial charge on any atom is 0.228 e. The average Bonchev–Trinajstić information content (AvgIpc) is 2.98. The van der Waals surface area contributed by atoms with Gasteiger partial charge in [-0.1, -0.05) is 40.2 Å². The van der Waals surface area contributed by atoms with Gasteiger partial charge in [0.25, 0.3) is 0 Å². The number of nitrogens with one attached hydrogen (secondary N) is 1. The lowest BCUT2D eigenvalue weighted by atomic mass is 9.35. The quantitative estimate of drug-likeness (QED) is 0.449. The lowest BCUT2D eigenvalue weighted by molar-refractivity contribution is -0.171. The number of rotatable bonds is 1. The first kappa shape index (κ1) is 29.4. The van der Waals surface area contributed by atoms with Crippen LogP contribution < -0.4 is 5.32 Å². The maximum absolute atomic E-state index is 14.6. The molecule has 0 bridgehead atoms. The van der Waals surface area contributed by atoms with Crippen molar-refractivity contribution >= 4 is 17.6 Å². The molecule has 1 N–H and O–H groups in total. The number of nitrogens with zero attached hydrogens (tertiary/aromatic N) is 2. The normalized spacial score (nSPS) is 48.0. The van der Waals surface area contributed by atoms with E-state index in [0.29, 0.717) is 18.1 Å². The van der Waals surface area contributed by atoms with Crippen molar-refractivity contribution in [2.45, 2.75) is 112 Å². The fraction of sp³-hybridized carbons (Fsp3) is 0.857. The van der Waals surface area contributed by atoms with E-state index in [1.165, 1.54) is 5.57 Å². The summed E-state index contributed by atoms with van der Waals surface area (Å²) in [6, 6.07) is 0. The lowest BCUT2D eigenvalue weighted by Crippen LogP contribution is -2.66. The zero-order chi connectivity index (χ0) is 29.8. The summed E-state index contributed by atoms with van der Waals surface area (Å²) in [7, 11) is 2.14. The van der Waals surface area contributed by atoms with E-state index in [1.54, 1.807) is 0 Å². The third-order valence-corrected chi connectivity index (χ3v) is 14.4. The van der Waals surface area contributed by atoms with Crippen LogP contribution in [-0.2, 0) is 14.4 Å². The Balaban J connectivity index is 1.38. The van der Waals surface area contributed by atoms with Crippen molar-refractivity contribution < 1.29 is 14.4 Å². The van der Waals surface area contributed by atoms with Crippen molar-refractivity contribution in [3.8, 4) is 0 Å². The van der Waals surface area contributed by atoms with Crippen LogP contribution in [0.5, 0.6) is 0 Å². The highest BCUT2D eigenvalue weighted by atomic mass is 16.2. The van der Waals surface area contributed by atoms with E-state index >= 15 is 0 Å². The van der Waals surface area contributed by atoms with E-state index in [2.05, 4.69) is 76.7 Å². The number of allylic oxidation sites excluding steroid dienone is 2. The van der Waals surface area contributed by atoms with Crippen molar-refractivity contribution in [3.63, 3.8) is 0 Å². The summed E-state index contributed by atoms with van der Waals surface area (Å²) in [5.41, 5.74) is 0.341. The fourth-order valence-corrected chi connectivity index (χ4v) is 11.6. The summed E-state index contributed by atoms with van der Waals surface area (Å²) < 4.78 is 0. The van der Waals surface area contributed by atoms with Crippen LogP contribution in [0.1, 0.15) is 106 Å². The molecule has 4 aliphatic carbocycles. The third kappa shape index (κ3) is 4.08. The number of carbonyl (C=O) groups is 3. The first-order chi connectivity index (χ1) is 19.0. The molecule has 8 atom stereocenters. The number of carbonyl (C=O) groups excluding carboxylic acids is 3. The molecule has 41 heavy (non-hydrogen) atoms. The Kier molecular flexibility index (Phi) is 6.56. The minimum atomic E-state index is -0.374. The van der Waals surface area contributed by atoms with Gasteiger partial charge in [0.1, 0.15) is 0 Å². The van der Waals surface area contributed by atoms with Gasteiger partial charge in [0.15, 0.2) is 5.78 Å². The van der Waals surface area contributed by atoms with E-state index < -0.39 is 0 Å². The molecule has 0 aromatic rings. The molecule has 0 spiro atoms. The van der Waals surface area contributed by atoms with Crippen LogP contribution in [0.4, 0.5) is 0 Å². The number of fused-ring (bicyclic) bond motifs is 7. The first-order valence-electron chi connectivity index (χ1n) is 16.5. The maximum atomic E-state index is 14.6. The molecule has 3 saturated carbocycles. The largest absolute Gasteiger partial charge is 0.351 e. The second-order valence-corrected chi connectivity index (χ2v) is 17.1. The van der Waals surface area contributed by atoms with Gasteiger partial charge >= 0.3 is 0 Å². The summed E-state index contributed by atoms with van der Waals surface area (Å²) >= 11 is 0. The topological polar surface area (TPSA) is 69.7 Å². The Labute approximate surface area is 248 Å². The Morgan fingerprint density at radius 2 is 1.54 bits per heavy atom. The van der Waals surface area contributed by atoms with Gasteiger partial charge in [0.05, 0.1) is 0 Å². The molecule has 2 saturated heterocycles. The van der Waals surface area contributed by atoms with E-state index in [-0.39, 0.29) is 56.3 Å². The average molecular weight is 566 g/mol. The highest BCUT2D eigenvalue weighted by Crippen LogP contribution is 2.74. The van der Waals surface area contributed by atoms with Gasteiger partial charge in [-0.3, -0.25) is 14.4 Å². The summed E-state index contributed by atoms with van der Waals surface area (Å²) in [4.78, 5) is 45.9. The molecule has 6 heteroatoms. The van der Waals surface area contributed by atoms with Gasteiger partial charge in [-0.05, 0) is 112 Å². The highest BCUT2D eigenvalue weighted by Gasteiger charge is 2.69. The third-order valence-electron chi connectivity index (χ3n) is 14.4. The summed E-state index contributed by atoms with van der Waals surface area (Å²) in [5, 5.41) is 3.32. The van der Waals surface area contributed by atoms with Crippen molar-refractivity contribution in [2.75, 3.05) is 33.2 Å². The smallest absolute Gasteiger partial charge is 0.228 e. The van der Waals surface area contributed by atoms with E-state index in [4.69, 9.17) is 0 Å². The number of hydrogen-bond donors (Lipinski definition) is 1. The van der Waals surface area contributed by atoms with E-state index in [9.17, 15) is 14.4 Å². The van der Waals surface area contributed by atoms with E-state index in [0.717, 1.165) is 77.5 Å². The number of piperazine rings is 1. The van der Waals surface area contributed by atoms with Gasteiger partial charge < -0.3 is 15.1 Å². The predicted octanol–water partition coefficient (Wildman–Crippen LogP) is 5.61. The zero-order valence-corrected chi connectivity index (χ0v) is 27.1. The minimum absolute atomic E-state index is 0.0766.